The Hall–Kier alpha value is -2.94. The Balaban J connectivity index is 1.67. The van der Waals surface area contributed by atoms with Gasteiger partial charge in [0.15, 0.2) is 11.5 Å². The van der Waals surface area contributed by atoms with Crippen molar-refractivity contribution in [1.82, 2.24) is 9.97 Å². The number of anilines is 1. The van der Waals surface area contributed by atoms with Gasteiger partial charge < -0.3 is 19.4 Å². The van der Waals surface area contributed by atoms with E-state index >= 15 is 0 Å². The number of benzene rings is 2. The third-order valence-corrected chi connectivity index (χ3v) is 4.97. The first-order valence-corrected chi connectivity index (χ1v) is 8.64. The minimum atomic E-state index is -3.80. The Morgan fingerprint density at radius 1 is 0.917 bits per heavy atom. The number of imidazole rings is 1. The van der Waals surface area contributed by atoms with Gasteiger partial charge in [0.25, 0.3) is 10.0 Å². The van der Waals surface area contributed by atoms with Crippen LogP contribution in [0.4, 0.5) is 5.69 Å². The number of sulfonamides is 1. The minimum absolute atomic E-state index is 0.0418. The molecule has 0 amide bonds. The molecule has 8 nitrogen and oxygen atoms in total. The molecule has 0 unspecified atom stereocenters. The van der Waals surface area contributed by atoms with Crippen molar-refractivity contribution >= 4 is 26.7 Å². The van der Waals surface area contributed by atoms with E-state index in [-0.39, 0.29) is 10.6 Å². The first kappa shape index (κ1) is 14.6. The molecule has 0 aliphatic carbocycles. The number of nitrogens with one attached hydrogen (secondary N) is 3. The number of hydrogen-bond donors (Lipinski definition) is 3. The Labute approximate surface area is 136 Å². The Kier molecular flexibility index (Phi) is 3.24. The van der Waals surface area contributed by atoms with Crippen LogP contribution in [0.2, 0.25) is 0 Å². The van der Waals surface area contributed by atoms with Gasteiger partial charge in [-0.1, -0.05) is 0 Å². The van der Waals surface area contributed by atoms with Crippen molar-refractivity contribution in [2.45, 2.75) is 4.90 Å². The van der Waals surface area contributed by atoms with Crippen LogP contribution < -0.4 is 19.9 Å². The second kappa shape index (κ2) is 5.31. The molecule has 124 valence electrons. The van der Waals surface area contributed by atoms with Crippen molar-refractivity contribution in [3.63, 3.8) is 0 Å². The molecule has 0 atom stereocenters. The van der Waals surface area contributed by atoms with Gasteiger partial charge in [-0.15, -0.1) is 0 Å². The molecule has 1 aromatic heterocycles. The van der Waals surface area contributed by atoms with Gasteiger partial charge >= 0.3 is 5.69 Å². The molecule has 1 aliphatic heterocycles. The van der Waals surface area contributed by atoms with Crippen LogP contribution >= 0.6 is 0 Å². The number of aromatic nitrogens is 2. The highest BCUT2D eigenvalue weighted by Crippen LogP contribution is 2.33. The van der Waals surface area contributed by atoms with Crippen LogP contribution in [0.5, 0.6) is 11.5 Å². The highest BCUT2D eigenvalue weighted by molar-refractivity contribution is 7.92. The summed E-state index contributed by atoms with van der Waals surface area (Å²) < 4.78 is 38.4. The van der Waals surface area contributed by atoms with E-state index in [9.17, 15) is 13.2 Å². The summed E-state index contributed by atoms with van der Waals surface area (Å²) in [4.78, 5) is 16.4. The molecule has 0 radical (unpaired) electrons. The SMILES string of the molecule is O=c1[nH]c2ccc(S(=O)(=O)Nc3ccc4c(c3)OCCO4)cc2[nH]1. The first-order valence-electron chi connectivity index (χ1n) is 7.16. The molecule has 1 aliphatic rings. The number of hydrogen-bond acceptors (Lipinski definition) is 5. The molecular formula is C15H13N3O5S. The third-order valence-electron chi connectivity index (χ3n) is 3.59. The van der Waals surface area contributed by atoms with Gasteiger partial charge in [-0.2, -0.15) is 0 Å². The third kappa shape index (κ3) is 2.58. The predicted octanol–water partition coefficient (Wildman–Crippen LogP) is 1.43. The molecule has 0 fully saturated rings. The van der Waals surface area contributed by atoms with Crippen LogP contribution in [0.25, 0.3) is 11.0 Å². The summed E-state index contributed by atoms with van der Waals surface area (Å²) >= 11 is 0. The normalized spacial score (nSPS) is 13.8. The second-order valence-electron chi connectivity index (χ2n) is 5.25. The van der Waals surface area contributed by atoms with E-state index in [1.807, 2.05) is 0 Å². The van der Waals surface area contributed by atoms with Gasteiger partial charge in [-0.25, -0.2) is 13.2 Å². The standard InChI is InChI=1S/C15H13N3O5S/c19-15-16-11-3-2-10(8-12(11)17-15)24(20,21)18-9-1-4-13-14(7-9)23-6-5-22-13/h1-4,7-8,18H,5-6H2,(H2,16,17,19). The van der Waals surface area contributed by atoms with Crippen LogP contribution in [0.15, 0.2) is 46.1 Å². The summed E-state index contributed by atoms with van der Waals surface area (Å²) in [6.45, 7) is 0.883. The van der Waals surface area contributed by atoms with Crippen molar-refractivity contribution in [2.75, 3.05) is 17.9 Å². The zero-order valence-electron chi connectivity index (χ0n) is 12.3. The fourth-order valence-electron chi connectivity index (χ4n) is 2.50. The first-order chi connectivity index (χ1) is 11.5. The van der Waals surface area contributed by atoms with Crippen molar-refractivity contribution in [3.8, 4) is 11.5 Å². The smallest absolute Gasteiger partial charge is 0.323 e. The molecule has 0 bridgehead atoms. The molecular weight excluding hydrogens is 334 g/mol. The summed E-state index contributed by atoms with van der Waals surface area (Å²) in [5.41, 5.74) is 0.935. The number of fused-ring (bicyclic) bond motifs is 2. The zero-order chi connectivity index (χ0) is 16.7. The van der Waals surface area contributed by atoms with Crippen LogP contribution in [-0.2, 0) is 10.0 Å². The maximum Gasteiger partial charge on any atom is 0.323 e. The van der Waals surface area contributed by atoms with Crippen LogP contribution in [0, 0.1) is 0 Å². The predicted molar refractivity (Wildman–Crippen MR) is 87.2 cm³/mol. The summed E-state index contributed by atoms with van der Waals surface area (Å²) in [7, 11) is -3.80. The van der Waals surface area contributed by atoms with Crippen LogP contribution in [-0.4, -0.2) is 31.6 Å². The van der Waals surface area contributed by atoms with Crippen LogP contribution in [0.1, 0.15) is 0 Å². The molecule has 0 saturated heterocycles. The lowest BCUT2D eigenvalue weighted by Gasteiger charge is -2.19. The van der Waals surface area contributed by atoms with Crippen LogP contribution in [0.3, 0.4) is 0 Å². The monoisotopic (exact) mass is 347 g/mol. The molecule has 4 rings (SSSR count). The fraction of sp³-hybridized carbons (Fsp3) is 0.133. The van der Waals surface area contributed by atoms with Gasteiger partial charge in [-0.05, 0) is 30.3 Å². The van der Waals surface area contributed by atoms with Gasteiger partial charge in [0.2, 0.25) is 0 Å². The van der Waals surface area contributed by atoms with E-state index in [1.165, 1.54) is 18.2 Å². The lowest BCUT2D eigenvalue weighted by Crippen LogP contribution is -2.16. The molecule has 3 N–H and O–H groups in total. The molecule has 0 spiro atoms. The number of rotatable bonds is 3. The van der Waals surface area contributed by atoms with E-state index in [2.05, 4.69) is 14.7 Å². The molecule has 9 heteroatoms. The van der Waals surface area contributed by atoms with E-state index in [1.54, 1.807) is 18.2 Å². The number of ether oxygens (including phenoxy) is 2. The molecule has 24 heavy (non-hydrogen) atoms. The van der Waals surface area contributed by atoms with Crippen molar-refractivity contribution in [3.05, 3.63) is 46.9 Å². The van der Waals surface area contributed by atoms with Gasteiger partial charge in [0.1, 0.15) is 13.2 Å². The van der Waals surface area contributed by atoms with Crippen molar-refractivity contribution < 1.29 is 17.9 Å². The maximum atomic E-state index is 12.5. The van der Waals surface area contributed by atoms with E-state index in [4.69, 9.17) is 9.47 Å². The topological polar surface area (TPSA) is 113 Å². The minimum Gasteiger partial charge on any atom is -0.486 e. The zero-order valence-corrected chi connectivity index (χ0v) is 13.1. The lowest BCUT2D eigenvalue weighted by atomic mass is 10.3. The van der Waals surface area contributed by atoms with E-state index < -0.39 is 10.0 Å². The molecule has 0 saturated carbocycles. The Morgan fingerprint density at radius 2 is 1.67 bits per heavy atom. The number of H-pyrrole nitrogens is 2. The highest BCUT2D eigenvalue weighted by atomic mass is 32.2. The van der Waals surface area contributed by atoms with E-state index in [0.29, 0.717) is 41.4 Å². The molecule has 3 aromatic rings. The average molecular weight is 347 g/mol. The van der Waals surface area contributed by atoms with Crippen molar-refractivity contribution in [1.29, 1.82) is 0 Å². The quantitative estimate of drug-likeness (QED) is 0.663. The summed E-state index contributed by atoms with van der Waals surface area (Å²) in [5, 5.41) is 0. The summed E-state index contributed by atoms with van der Waals surface area (Å²) in [6.07, 6.45) is 0. The van der Waals surface area contributed by atoms with Gasteiger partial charge in [-0.3, -0.25) is 4.72 Å². The lowest BCUT2D eigenvalue weighted by molar-refractivity contribution is 0.171. The largest absolute Gasteiger partial charge is 0.486 e. The van der Waals surface area contributed by atoms with Gasteiger partial charge in [0.05, 0.1) is 21.6 Å². The highest BCUT2D eigenvalue weighted by Gasteiger charge is 2.18. The second-order valence-corrected chi connectivity index (χ2v) is 6.93. The summed E-state index contributed by atoms with van der Waals surface area (Å²) in [6, 6.07) is 9.18. The summed E-state index contributed by atoms with van der Waals surface area (Å²) in [5.74, 6) is 1.07. The van der Waals surface area contributed by atoms with E-state index in [0.717, 1.165) is 0 Å². The fourth-order valence-corrected chi connectivity index (χ4v) is 3.58. The Morgan fingerprint density at radius 3 is 2.50 bits per heavy atom. The Bertz CT molecular complexity index is 1080. The average Bonchev–Trinajstić information content (AvgIpc) is 2.93. The van der Waals surface area contributed by atoms with Gasteiger partial charge in [0, 0.05) is 6.07 Å². The van der Waals surface area contributed by atoms with Crippen molar-refractivity contribution in [2.24, 2.45) is 0 Å². The molecule has 2 aromatic carbocycles. The number of aromatic amines is 2. The maximum absolute atomic E-state index is 12.5. The molecule has 2 heterocycles.